The van der Waals surface area contributed by atoms with Crippen molar-refractivity contribution in [3.63, 3.8) is 0 Å². The lowest BCUT2D eigenvalue weighted by Crippen LogP contribution is -2.49. The van der Waals surface area contributed by atoms with Crippen LogP contribution in [0.2, 0.25) is 5.02 Å². The zero-order valence-corrected chi connectivity index (χ0v) is 21.0. The second-order valence-corrected chi connectivity index (χ2v) is 9.60. The molecular weight excluding hydrogens is 462 g/mol. The molecule has 35 heavy (non-hydrogen) atoms. The van der Waals surface area contributed by atoms with E-state index in [0.717, 1.165) is 22.0 Å². The molecule has 0 saturated heterocycles. The van der Waals surface area contributed by atoms with Crippen LogP contribution in [-0.2, 0) is 16.1 Å². The summed E-state index contributed by atoms with van der Waals surface area (Å²) in [6.45, 7) is 6.16. The molecule has 3 aromatic carbocycles. The maximum Gasteiger partial charge on any atom is 0.258 e. The van der Waals surface area contributed by atoms with Crippen molar-refractivity contribution in [1.82, 2.24) is 10.2 Å². The van der Waals surface area contributed by atoms with Crippen molar-refractivity contribution < 1.29 is 14.4 Å². The Labute approximate surface area is 210 Å². The van der Waals surface area contributed by atoms with Gasteiger partial charge in [-0.2, -0.15) is 0 Å². The smallest absolute Gasteiger partial charge is 0.258 e. The minimum Gasteiger partial charge on any atom is -0.352 e. The third-order valence-electron chi connectivity index (χ3n) is 6.32. The summed E-state index contributed by atoms with van der Waals surface area (Å²) in [7, 11) is 0. The zero-order chi connectivity index (χ0) is 25.1. The van der Waals surface area contributed by atoms with Gasteiger partial charge in [0.2, 0.25) is 11.8 Å². The number of nitrogens with one attached hydrogen (secondary N) is 1. The van der Waals surface area contributed by atoms with Gasteiger partial charge < -0.3 is 15.1 Å². The van der Waals surface area contributed by atoms with Crippen molar-refractivity contribution in [2.24, 2.45) is 0 Å². The maximum absolute atomic E-state index is 13.4. The van der Waals surface area contributed by atoms with Gasteiger partial charge in [-0.05, 0) is 56.3 Å². The largest absolute Gasteiger partial charge is 0.352 e. The van der Waals surface area contributed by atoms with E-state index < -0.39 is 6.04 Å². The highest BCUT2D eigenvalue weighted by atomic mass is 35.5. The van der Waals surface area contributed by atoms with Gasteiger partial charge in [0.15, 0.2) is 0 Å². The normalized spacial score (nSPS) is 13.4. The van der Waals surface area contributed by atoms with Crippen LogP contribution in [0.3, 0.4) is 0 Å². The van der Waals surface area contributed by atoms with E-state index in [2.05, 4.69) is 5.32 Å². The summed E-state index contributed by atoms with van der Waals surface area (Å²) in [6.07, 6.45) is 0.687. The van der Waals surface area contributed by atoms with Gasteiger partial charge in [-0.1, -0.05) is 54.1 Å². The number of carbonyl (C=O) groups excluding carboxylic acids is 3. The predicted octanol–water partition coefficient (Wildman–Crippen LogP) is 5.18. The number of nitrogens with zero attached hydrogens (tertiary/aromatic N) is 2. The molecule has 0 aromatic heterocycles. The summed E-state index contributed by atoms with van der Waals surface area (Å²) in [6, 6.07) is 18.3. The number of amides is 3. The number of rotatable bonds is 9. The summed E-state index contributed by atoms with van der Waals surface area (Å²) >= 11 is 6.35. The summed E-state index contributed by atoms with van der Waals surface area (Å²) < 4.78 is 0. The Kier molecular flexibility index (Phi) is 7.41. The lowest BCUT2D eigenvalue weighted by molar-refractivity contribution is -0.140. The summed E-state index contributed by atoms with van der Waals surface area (Å²) in [5.74, 6) is -0.405. The van der Waals surface area contributed by atoms with Gasteiger partial charge in [-0.3, -0.25) is 14.4 Å². The SMILES string of the molecule is CC(C)NC(=O)[C@@H](C)N(Cc1ccccc1Cl)C(=O)CCCN1C(=O)c2cccc3cccc1c23. The van der Waals surface area contributed by atoms with Gasteiger partial charge in [0.1, 0.15) is 6.04 Å². The Morgan fingerprint density at radius 3 is 2.43 bits per heavy atom. The van der Waals surface area contributed by atoms with Crippen LogP contribution < -0.4 is 10.2 Å². The van der Waals surface area contributed by atoms with E-state index in [1.54, 1.807) is 22.8 Å². The number of hydrogen-bond donors (Lipinski definition) is 1. The fraction of sp³-hybridized carbons (Fsp3) is 0.321. The van der Waals surface area contributed by atoms with E-state index >= 15 is 0 Å². The molecule has 0 aliphatic carbocycles. The second-order valence-electron chi connectivity index (χ2n) is 9.19. The van der Waals surface area contributed by atoms with E-state index in [4.69, 9.17) is 11.6 Å². The first-order valence-electron chi connectivity index (χ1n) is 11.9. The minimum atomic E-state index is -0.660. The Balaban J connectivity index is 1.47. The average molecular weight is 492 g/mol. The molecule has 1 aliphatic heterocycles. The molecule has 4 rings (SSSR count). The standard InChI is InChI=1S/C28H30ClN3O3/c1-18(2)30-27(34)19(3)32(17-21-9-4-5-13-23(21)29)25(33)15-8-16-31-24-14-7-11-20-10-6-12-22(26(20)24)28(31)35/h4-7,9-14,18-19H,8,15-17H2,1-3H3,(H,30,34)/t19-/m1/s1. The van der Waals surface area contributed by atoms with Crippen molar-refractivity contribution >= 4 is 45.8 Å². The Hall–Kier alpha value is -3.38. The van der Waals surface area contributed by atoms with Crippen molar-refractivity contribution in [3.05, 3.63) is 76.8 Å². The molecule has 1 aliphatic rings. The molecule has 182 valence electrons. The third kappa shape index (κ3) is 5.17. The van der Waals surface area contributed by atoms with Crippen LogP contribution in [0.25, 0.3) is 10.8 Å². The Bertz CT molecular complexity index is 1270. The zero-order valence-electron chi connectivity index (χ0n) is 20.3. The minimum absolute atomic E-state index is 0.0345. The second kappa shape index (κ2) is 10.5. The van der Waals surface area contributed by atoms with Gasteiger partial charge in [0, 0.05) is 41.5 Å². The molecule has 1 N–H and O–H groups in total. The number of benzene rings is 3. The van der Waals surface area contributed by atoms with Crippen molar-refractivity contribution in [3.8, 4) is 0 Å². The first-order valence-corrected chi connectivity index (χ1v) is 12.3. The number of halogens is 1. The van der Waals surface area contributed by atoms with Crippen LogP contribution in [0.5, 0.6) is 0 Å². The quantitative estimate of drug-likeness (QED) is 0.448. The fourth-order valence-corrected chi connectivity index (χ4v) is 4.73. The molecule has 7 heteroatoms. The molecule has 1 atom stereocenters. The van der Waals surface area contributed by atoms with Crippen LogP contribution in [0.4, 0.5) is 5.69 Å². The molecule has 0 fully saturated rings. The van der Waals surface area contributed by atoms with Gasteiger partial charge in [0.05, 0.1) is 5.69 Å². The first-order chi connectivity index (χ1) is 16.8. The fourth-order valence-electron chi connectivity index (χ4n) is 4.53. The molecular formula is C28H30ClN3O3. The molecule has 3 amide bonds. The molecule has 6 nitrogen and oxygen atoms in total. The highest BCUT2D eigenvalue weighted by Gasteiger charge is 2.30. The first kappa shape index (κ1) is 24.7. The monoisotopic (exact) mass is 491 g/mol. The molecule has 0 radical (unpaired) electrons. The average Bonchev–Trinajstić information content (AvgIpc) is 3.10. The van der Waals surface area contributed by atoms with Gasteiger partial charge in [-0.15, -0.1) is 0 Å². The number of anilines is 1. The highest BCUT2D eigenvalue weighted by Crippen LogP contribution is 2.37. The number of hydrogen-bond acceptors (Lipinski definition) is 3. The molecule has 1 heterocycles. The van der Waals surface area contributed by atoms with E-state index in [1.807, 2.05) is 68.4 Å². The van der Waals surface area contributed by atoms with Crippen LogP contribution in [0.1, 0.15) is 49.5 Å². The van der Waals surface area contributed by atoms with Crippen LogP contribution >= 0.6 is 11.6 Å². The summed E-state index contributed by atoms with van der Waals surface area (Å²) in [5.41, 5.74) is 2.36. The Morgan fingerprint density at radius 1 is 1.00 bits per heavy atom. The Morgan fingerprint density at radius 2 is 1.71 bits per heavy atom. The molecule has 0 unspecified atom stereocenters. The van der Waals surface area contributed by atoms with Gasteiger partial charge in [-0.25, -0.2) is 0 Å². The van der Waals surface area contributed by atoms with Gasteiger partial charge >= 0.3 is 0 Å². The molecule has 0 saturated carbocycles. The summed E-state index contributed by atoms with van der Waals surface area (Å²) in [4.78, 5) is 42.4. The van der Waals surface area contributed by atoms with E-state index in [-0.39, 0.29) is 36.7 Å². The number of carbonyl (C=O) groups is 3. The van der Waals surface area contributed by atoms with Crippen LogP contribution in [-0.4, -0.2) is 41.2 Å². The highest BCUT2D eigenvalue weighted by molar-refractivity contribution is 6.31. The van der Waals surface area contributed by atoms with Crippen molar-refractivity contribution in [1.29, 1.82) is 0 Å². The summed E-state index contributed by atoms with van der Waals surface area (Å²) in [5, 5.41) is 5.43. The topological polar surface area (TPSA) is 69.7 Å². The third-order valence-corrected chi connectivity index (χ3v) is 6.69. The van der Waals surface area contributed by atoms with E-state index in [1.165, 1.54) is 0 Å². The van der Waals surface area contributed by atoms with Crippen LogP contribution in [0.15, 0.2) is 60.7 Å². The van der Waals surface area contributed by atoms with Crippen molar-refractivity contribution in [2.75, 3.05) is 11.4 Å². The van der Waals surface area contributed by atoms with Gasteiger partial charge in [0.25, 0.3) is 5.91 Å². The predicted molar refractivity (Wildman–Crippen MR) is 140 cm³/mol. The van der Waals surface area contributed by atoms with Crippen LogP contribution in [0, 0.1) is 0 Å². The molecule has 0 spiro atoms. The van der Waals surface area contributed by atoms with Crippen molar-refractivity contribution in [2.45, 2.75) is 52.2 Å². The molecule has 0 bridgehead atoms. The lowest BCUT2D eigenvalue weighted by atomic mass is 10.1. The molecule has 3 aromatic rings. The van der Waals surface area contributed by atoms with E-state index in [0.29, 0.717) is 23.6 Å². The van der Waals surface area contributed by atoms with E-state index in [9.17, 15) is 14.4 Å². The maximum atomic E-state index is 13.4. The lowest BCUT2D eigenvalue weighted by Gasteiger charge is -2.30.